The Balaban J connectivity index is 1.82. The number of hydrogen-bond acceptors (Lipinski definition) is 5. The molecule has 2 aromatic rings. The van der Waals surface area contributed by atoms with E-state index in [4.69, 9.17) is 9.47 Å². The van der Waals surface area contributed by atoms with Crippen molar-refractivity contribution >= 4 is 17.2 Å². The summed E-state index contributed by atoms with van der Waals surface area (Å²) < 4.78 is 11.0. The molecule has 0 saturated carbocycles. The van der Waals surface area contributed by atoms with Gasteiger partial charge in [0.2, 0.25) is 0 Å². The summed E-state index contributed by atoms with van der Waals surface area (Å²) in [4.78, 5) is 4.17. The summed E-state index contributed by atoms with van der Waals surface area (Å²) in [5, 5.41) is 6.32. The molecule has 5 nitrogen and oxygen atoms in total. The van der Waals surface area contributed by atoms with Crippen LogP contribution in [-0.4, -0.2) is 25.2 Å². The maximum absolute atomic E-state index is 5.56. The van der Waals surface area contributed by atoms with Gasteiger partial charge in [0.05, 0.1) is 0 Å². The lowest BCUT2D eigenvalue weighted by Crippen LogP contribution is -2.15. The zero-order chi connectivity index (χ0) is 13.1. The first-order valence-electron chi connectivity index (χ1n) is 6.15. The van der Waals surface area contributed by atoms with Gasteiger partial charge >= 0.3 is 0 Å². The van der Waals surface area contributed by atoms with Crippen molar-refractivity contribution < 1.29 is 9.47 Å². The Hall–Kier alpha value is -2.43. The van der Waals surface area contributed by atoms with Crippen molar-refractivity contribution in [1.29, 1.82) is 0 Å². The summed E-state index contributed by atoms with van der Waals surface area (Å²) in [5.41, 5.74) is 1.92. The lowest BCUT2D eigenvalue weighted by Gasteiger charge is -2.19. The third-order valence-corrected chi connectivity index (χ3v) is 2.85. The molecule has 0 amide bonds. The van der Waals surface area contributed by atoms with Crippen molar-refractivity contribution in [2.24, 2.45) is 0 Å². The van der Waals surface area contributed by atoms with E-state index in [1.54, 1.807) is 6.20 Å². The maximum Gasteiger partial charge on any atom is 0.163 e. The molecule has 1 aliphatic rings. The van der Waals surface area contributed by atoms with Crippen LogP contribution < -0.4 is 20.1 Å². The first-order chi connectivity index (χ1) is 9.35. The third-order valence-electron chi connectivity index (χ3n) is 2.85. The van der Waals surface area contributed by atoms with Gasteiger partial charge < -0.3 is 20.1 Å². The molecular weight excluding hydrogens is 242 g/mol. The maximum atomic E-state index is 5.56. The Kier molecular flexibility index (Phi) is 3.10. The van der Waals surface area contributed by atoms with Crippen LogP contribution in [0.3, 0.4) is 0 Å². The number of fused-ring (bicyclic) bond motifs is 1. The topological polar surface area (TPSA) is 55.4 Å². The third kappa shape index (κ3) is 2.54. The van der Waals surface area contributed by atoms with Gasteiger partial charge in [-0.05, 0) is 18.2 Å². The number of anilines is 3. The van der Waals surface area contributed by atoms with E-state index in [2.05, 4.69) is 15.6 Å². The molecule has 5 heteroatoms. The largest absolute Gasteiger partial charge is 0.486 e. The molecule has 0 saturated heterocycles. The van der Waals surface area contributed by atoms with Crippen molar-refractivity contribution in [1.82, 2.24) is 4.98 Å². The van der Waals surface area contributed by atoms with Crippen molar-refractivity contribution in [3.05, 3.63) is 36.5 Å². The van der Waals surface area contributed by atoms with Crippen LogP contribution in [0.1, 0.15) is 0 Å². The second kappa shape index (κ2) is 5.06. The van der Waals surface area contributed by atoms with Crippen molar-refractivity contribution in [3.8, 4) is 11.5 Å². The number of aromatic nitrogens is 1. The fourth-order valence-corrected chi connectivity index (χ4v) is 1.93. The molecule has 0 unspecified atom stereocenters. The molecule has 0 aliphatic carbocycles. The highest BCUT2D eigenvalue weighted by atomic mass is 16.6. The van der Waals surface area contributed by atoms with E-state index in [0.717, 1.165) is 28.7 Å². The second-order valence-electron chi connectivity index (χ2n) is 4.16. The molecule has 2 N–H and O–H groups in total. The fourth-order valence-electron chi connectivity index (χ4n) is 1.93. The molecule has 1 aliphatic heterocycles. The highest BCUT2D eigenvalue weighted by Gasteiger charge is 2.11. The van der Waals surface area contributed by atoms with Gasteiger partial charge in [0.15, 0.2) is 11.5 Å². The predicted molar refractivity (Wildman–Crippen MR) is 74.5 cm³/mol. The van der Waals surface area contributed by atoms with Crippen molar-refractivity contribution in [2.45, 2.75) is 0 Å². The zero-order valence-electron chi connectivity index (χ0n) is 10.6. The van der Waals surface area contributed by atoms with E-state index in [1.165, 1.54) is 0 Å². The smallest absolute Gasteiger partial charge is 0.163 e. The summed E-state index contributed by atoms with van der Waals surface area (Å²) in [6, 6.07) is 9.67. The summed E-state index contributed by atoms with van der Waals surface area (Å²) in [6.07, 6.45) is 1.76. The van der Waals surface area contributed by atoms with E-state index < -0.39 is 0 Å². The van der Waals surface area contributed by atoms with Gasteiger partial charge in [-0.3, -0.25) is 0 Å². The van der Waals surface area contributed by atoms with Crippen LogP contribution in [0, 0.1) is 0 Å². The van der Waals surface area contributed by atoms with E-state index in [9.17, 15) is 0 Å². The Morgan fingerprint density at radius 1 is 1.00 bits per heavy atom. The van der Waals surface area contributed by atoms with Crippen molar-refractivity contribution in [2.75, 3.05) is 30.9 Å². The standard InChI is InChI=1S/C14H15N3O2/c1-15-14-9-11(4-5-16-14)17-10-2-3-12-13(8-10)19-7-6-18-12/h2-5,8-9H,6-7H2,1H3,(H2,15,16,17). The monoisotopic (exact) mass is 257 g/mol. The lowest BCUT2D eigenvalue weighted by molar-refractivity contribution is 0.171. The Morgan fingerprint density at radius 3 is 2.63 bits per heavy atom. The van der Waals surface area contributed by atoms with Gasteiger partial charge in [-0.25, -0.2) is 4.98 Å². The van der Waals surface area contributed by atoms with Gasteiger partial charge in [0.25, 0.3) is 0 Å². The number of nitrogens with one attached hydrogen (secondary N) is 2. The second-order valence-corrected chi connectivity index (χ2v) is 4.16. The predicted octanol–water partition coefficient (Wildman–Crippen LogP) is 2.64. The van der Waals surface area contributed by atoms with E-state index in [1.807, 2.05) is 37.4 Å². The molecule has 0 bridgehead atoms. The molecule has 0 fully saturated rings. The van der Waals surface area contributed by atoms with Gasteiger partial charge in [0.1, 0.15) is 19.0 Å². The first-order valence-corrected chi connectivity index (χ1v) is 6.15. The molecule has 3 rings (SSSR count). The average molecular weight is 257 g/mol. The van der Waals surface area contributed by atoms with Gasteiger partial charge in [-0.2, -0.15) is 0 Å². The average Bonchev–Trinajstić information content (AvgIpc) is 2.47. The number of pyridine rings is 1. The number of ether oxygens (including phenoxy) is 2. The molecule has 0 spiro atoms. The van der Waals surface area contributed by atoms with Crippen LogP contribution in [-0.2, 0) is 0 Å². The first kappa shape index (κ1) is 11.6. The number of nitrogens with zero attached hydrogens (tertiary/aromatic N) is 1. The Bertz CT molecular complexity index is 587. The fraction of sp³-hybridized carbons (Fsp3) is 0.214. The Morgan fingerprint density at radius 2 is 1.79 bits per heavy atom. The van der Waals surface area contributed by atoms with E-state index >= 15 is 0 Å². The molecule has 1 aromatic carbocycles. The Labute approximate surface area is 111 Å². The molecular formula is C14H15N3O2. The summed E-state index contributed by atoms with van der Waals surface area (Å²) >= 11 is 0. The number of hydrogen-bond donors (Lipinski definition) is 2. The van der Waals surface area contributed by atoms with Crippen LogP contribution >= 0.6 is 0 Å². The molecule has 98 valence electrons. The normalized spacial score (nSPS) is 12.9. The van der Waals surface area contributed by atoms with Crippen LogP contribution in [0.5, 0.6) is 11.5 Å². The van der Waals surface area contributed by atoms with Gasteiger partial charge in [-0.15, -0.1) is 0 Å². The van der Waals surface area contributed by atoms with Crippen molar-refractivity contribution in [3.63, 3.8) is 0 Å². The zero-order valence-corrected chi connectivity index (χ0v) is 10.6. The van der Waals surface area contributed by atoms with Gasteiger partial charge in [-0.1, -0.05) is 0 Å². The van der Waals surface area contributed by atoms with Crippen LogP contribution in [0.4, 0.5) is 17.2 Å². The van der Waals surface area contributed by atoms with Crippen LogP contribution in [0.2, 0.25) is 0 Å². The van der Waals surface area contributed by atoms with E-state index in [-0.39, 0.29) is 0 Å². The summed E-state index contributed by atoms with van der Waals surface area (Å²) in [5.74, 6) is 2.39. The SMILES string of the molecule is CNc1cc(Nc2ccc3c(c2)OCCO3)ccn1. The van der Waals surface area contributed by atoms with Crippen LogP contribution in [0.25, 0.3) is 0 Å². The minimum Gasteiger partial charge on any atom is -0.486 e. The highest BCUT2D eigenvalue weighted by molar-refractivity contribution is 5.65. The molecule has 2 heterocycles. The number of benzene rings is 1. The van der Waals surface area contributed by atoms with Gasteiger partial charge in [0, 0.05) is 36.8 Å². The lowest BCUT2D eigenvalue weighted by atomic mass is 10.2. The summed E-state index contributed by atoms with van der Waals surface area (Å²) in [7, 11) is 1.84. The molecule has 1 aromatic heterocycles. The molecule has 0 radical (unpaired) electrons. The highest BCUT2D eigenvalue weighted by Crippen LogP contribution is 2.33. The minimum absolute atomic E-state index is 0.593. The molecule has 19 heavy (non-hydrogen) atoms. The summed E-state index contributed by atoms with van der Waals surface area (Å²) in [6.45, 7) is 1.20. The quantitative estimate of drug-likeness (QED) is 0.885. The molecule has 0 atom stereocenters. The minimum atomic E-state index is 0.593. The number of rotatable bonds is 3. The van der Waals surface area contributed by atoms with Crippen LogP contribution in [0.15, 0.2) is 36.5 Å². The van der Waals surface area contributed by atoms with E-state index in [0.29, 0.717) is 13.2 Å².